The van der Waals surface area contributed by atoms with E-state index in [9.17, 15) is 4.79 Å². The summed E-state index contributed by atoms with van der Waals surface area (Å²) >= 11 is 0. The fraction of sp³-hybridized carbons (Fsp3) is 0.680. The third kappa shape index (κ3) is 14.9. The molecule has 0 saturated heterocycles. The van der Waals surface area contributed by atoms with Gasteiger partial charge in [0, 0.05) is 26.1 Å². The lowest BCUT2D eigenvalue weighted by Gasteiger charge is -2.21. The number of nitriles is 1. The van der Waals surface area contributed by atoms with E-state index in [-0.39, 0.29) is 6.09 Å². The first kappa shape index (κ1) is 26.0. The monoisotopic (exact) mass is 415 g/mol. The molecule has 0 saturated carbocycles. The molecule has 0 heterocycles. The Bertz CT molecular complexity index is 605. The maximum absolute atomic E-state index is 11.6. The topological polar surface area (TPSA) is 65.4 Å². The predicted octanol–water partition coefficient (Wildman–Crippen LogP) is 6.05. The van der Waals surface area contributed by atoms with Gasteiger partial charge < -0.3 is 10.1 Å². The third-order valence-electron chi connectivity index (χ3n) is 4.86. The van der Waals surface area contributed by atoms with E-state index in [1.807, 2.05) is 26.8 Å². The van der Waals surface area contributed by atoms with Gasteiger partial charge in [-0.25, -0.2) is 4.79 Å². The molecule has 168 valence electrons. The van der Waals surface area contributed by atoms with Gasteiger partial charge in [0.1, 0.15) is 5.60 Å². The van der Waals surface area contributed by atoms with Crippen LogP contribution >= 0.6 is 0 Å². The van der Waals surface area contributed by atoms with Crippen LogP contribution < -0.4 is 5.32 Å². The molecule has 0 unspecified atom stereocenters. The zero-order valence-electron chi connectivity index (χ0n) is 19.3. The van der Waals surface area contributed by atoms with Gasteiger partial charge in [0.25, 0.3) is 0 Å². The van der Waals surface area contributed by atoms with Gasteiger partial charge >= 0.3 is 6.09 Å². The number of carbonyl (C=O) groups excluding carboxylic acids is 1. The fourth-order valence-electron chi connectivity index (χ4n) is 3.35. The summed E-state index contributed by atoms with van der Waals surface area (Å²) in [6, 6.07) is 12.8. The van der Waals surface area contributed by atoms with Gasteiger partial charge in [-0.2, -0.15) is 5.26 Å². The highest BCUT2D eigenvalue weighted by atomic mass is 16.6. The zero-order valence-corrected chi connectivity index (χ0v) is 19.3. The SMILES string of the molecule is CC(C)(C)OC(=O)NCCCCCCCCCCN(CCC#N)Cc1ccccc1. The Morgan fingerprint density at radius 3 is 2.17 bits per heavy atom. The van der Waals surface area contributed by atoms with Crippen molar-refractivity contribution in [1.82, 2.24) is 10.2 Å². The van der Waals surface area contributed by atoms with Gasteiger partial charge in [0.2, 0.25) is 0 Å². The molecule has 30 heavy (non-hydrogen) atoms. The van der Waals surface area contributed by atoms with Crippen molar-refractivity contribution in [2.24, 2.45) is 0 Å². The minimum absolute atomic E-state index is 0.321. The van der Waals surface area contributed by atoms with E-state index in [4.69, 9.17) is 10.00 Å². The molecule has 0 atom stereocenters. The van der Waals surface area contributed by atoms with Crippen LogP contribution in [0.5, 0.6) is 0 Å². The number of unbranched alkanes of at least 4 members (excludes halogenated alkanes) is 7. The first-order chi connectivity index (χ1) is 14.4. The fourth-order valence-corrected chi connectivity index (χ4v) is 3.35. The van der Waals surface area contributed by atoms with Crippen LogP contribution in [-0.2, 0) is 11.3 Å². The van der Waals surface area contributed by atoms with Crippen molar-refractivity contribution in [2.75, 3.05) is 19.6 Å². The highest BCUT2D eigenvalue weighted by Gasteiger charge is 2.15. The van der Waals surface area contributed by atoms with E-state index in [1.54, 1.807) is 0 Å². The summed E-state index contributed by atoms with van der Waals surface area (Å²) in [6.07, 6.45) is 9.89. The van der Waals surface area contributed by atoms with E-state index in [1.165, 1.54) is 44.1 Å². The van der Waals surface area contributed by atoms with Crippen molar-refractivity contribution in [1.29, 1.82) is 5.26 Å². The molecule has 0 aliphatic carbocycles. The first-order valence-electron chi connectivity index (χ1n) is 11.5. The maximum atomic E-state index is 11.6. The number of hydrogen-bond acceptors (Lipinski definition) is 4. The molecule has 0 aliphatic rings. The lowest BCUT2D eigenvalue weighted by Crippen LogP contribution is -2.32. The van der Waals surface area contributed by atoms with Crippen LogP contribution in [0.4, 0.5) is 4.79 Å². The normalized spacial score (nSPS) is 11.3. The van der Waals surface area contributed by atoms with Gasteiger partial charge in [-0.15, -0.1) is 0 Å². The molecule has 5 heteroatoms. The Labute approximate surface area is 183 Å². The highest BCUT2D eigenvalue weighted by Crippen LogP contribution is 2.11. The summed E-state index contributed by atoms with van der Waals surface area (Å²) < 4.78 is 5.22. The molecule has 0 spiro atoms. The van der Waals surface area contributed by atoms with Crippen LogP contribution in [0.25, 0.3) is 0 Å². The van der Waals surface area contributed by atoms with Crippen LogP contribution in [0.15, 0.2) is 30.3 Å². The Balaban J connectivity index is 2.00. The Hall–Kier alpha value is -2.06. The van der Waals surface area contributed by atoms with Gasteiger partial charge in [-0.1, -0.05) is 68.9 Å². The quantitative estimate of drug-likeness (QED) is 0.354. The molecular weight excluding hydrogens is 374 g/mol. The average Bonchev–Trinajstić information content (AvgIpc) is 2.69. The molecule has 0 aromatic heterocycles. The van der Waals surface area contributed by atoms with Crippen molar-refractivity contribution in [3.05, 3.63) is 35.9 Å². The zero-order chi connectivity index (χ0) is 22.1. The molecule has 0 bridgehead atoms. The molecule has 1 aromatic rings. The van der Waals surface area contributed by atoms with E-state index >= 15 is 0 Å². The second-order valence-corrected chi connectivity index (χ2v) is 8.93. The minimum Gasteiger partial charge on any atom is -0.444 e. The van der Waals surface area contributed by atoms with Gasteiger partial charge in [0.15, 0.2) is 0 Å². The number of carbonyl (C=O) groups is 1. The largest absolute Gasteiger partial charge is 0.444 e. The summed E-state index contributed by atoms with van der Waals surface area (Å²) in [5.74, 6) is 0. The van der Waals surface area contributed by atoms with E-state index < -0.39 is 5.60 Å². The van der Waals surface area contributed by atoms with Crippen molar-refractivity contribution >= 4 is 6.09 Å². The smallest absolute Gasteiger partial charge is 0.407 e. The predicted molar refractivity (Wildman–Crippen MR) is 123 cm³/mol. The van der Waals surface area contributed by atoms with Crippen LogP contribution in [0, 0.1) is 11.3 Å². The molecule has 1 aromatic carbocycles. The van der Waals surface area contributed by atoms with Crippen molar-refractivity contribution in [3.8, 4) is 6.07 Å². The van der Waals surface area contributed by atoms with Gasteiger partial charge in [-0.3, -0.25) is 4.90 Å². The van der Waals surface area contributed by atoms with Crippen LogP contribution in [0.2, 0.25) is 0 Å². The number of nitrogens with one attached hydrogen (secondary N) is 1. The summed E-state index contributed by atoms with van der Waals surface area (Å²) in [5, 5.41) is 11.7. The molecule has 1 amide bonds. The first-order valence-corrected chi connectivity index (χ1v) is 11.5. The second kappa shape index (κ2) is 15.7. The average molecular weight is 416 g/mol. The summed E-state index contributed by atoms with van der Waals surface area (Å²) in [5.41, 5.74) is 0.884. The number of ether oxygens (including phenoxy) is 1. The summed E-state index contributed by atoms with van der Waals surface area (Å²) in [4.78, 5) is 13.9. The number of nitrogens with zero attached hydrogens (tertiary/aromatic N) is 2. The summed E-state index contributed by atoms with van der Waals surface area (Å²) in [6.45, 7) is 9.16. The van der Waals surface area contributed by atoms with E-state index in [0.29, 0.717) is 13.0 Å². The molecule has 0 radical (unpaired) electrons. The maximum Gasteiger partial charge on any atom is 0.407 e. The molecule has 0 fully saturated rings. The Morgan fingerprint density at radius 2 is 1.57 bits per heavy atom. The number of amides is 1. The van der Waals surface area contributed by atoms with E-state index in [0.717, 1.165) is 32.5 Å². The Kier molecular flexibility index (Phi) is 13.6. The molecule has 1 rings (SSSR count). The van der Waals surface area contributed by atoms with Crippen LogP contribution in [-0.4, -0.2) is 36.2 Å². The number of rotatable bonds is 15. The van der Waals surface area contributed by atoms with Crippen molar-refractivity contribution in [3.63, 3.8) is 0 Å². The molecule has 0 aliphatic heterocycles. The van der Waals surface area contributed by atoms with Gasteiger partial charge in [0.05, 0.1) is 6.07 Å². The lowest BCUT2D eigenvalue weighted by molar-refractivity contribution is 0.0527. The van der Waals surface area contributed by atoms with Crippen molar-refractivity contribution in [2.45, 2.75) is 90.7 Å². The molecular formula is C25H41N3O2. The Morgan fingerprint density at radius 1 is 0.967 bits per heavy atom. The van der Waals surface area contributed by atoms with Crippen molar-refractivity contribution < 1.29 is 9.53 Å². The minimum atomic E-state index is -0.432. The van der Waals surface area contributed by atoms with E-state index in [2.05, 4.69) is 40.6 Å². The highest BCUT2D eigenvalue weighted by molar-refractivity contribution is 5.67. The number of benzene rings is 1. The summed E-state index contributed by atoms with van der Waals surface area (Å²) in [7, 11) is 0. The second-order valence-electron chi connectivity index (χ2n) is 8.93. The molecule has 1 N–H and O–H groups in total. The van der Waals surface area contributed by atoms with Gasteiger partial charge in [-0.05, 0) is 45.7 Å². The third-order valence-corrected chi connectivity index (χ3v) is 4.86. The standard InChI is InChI=1S/C25H41N3O2/c1-25(2,3)30-24(29)27-19-13-8-6-4-5-7-9-14-20-28(21-15-18-26)22-23-16-11-10-12-17-23/h10-12,16-17H,4-9,13-15,19-22H2,1-3H3,(H,27,29). The number of alkyl carbamates (subject to hydrolysis) is 1. The number of hydrogen-bond donors (Lipinski definition) is 1. The van der Waals surface area contributed by atoms with Crippen LogP contribution in [0.1, 0.15) is 84.1 Å². The lowest BCUT2D eigenvalue weighted by atomic mass is 10.1. The van der Waals surface area contributed by atoms with Crippen LogP contribution in [0.3, 0.4) is 0 Å². The molecule has 5 nitrogen and oxygen atoms in total.